The van der Waals surface area contributed by atoms with Gasteiger partial charge in [0, 0.05) is 38.8 Å². The lowest BCUT2D eigenvalue weighted by Crippen LogP contribution is -2.51. The molecule has 0 radical (unpaired) electrons. The smallest absolute Gasteiger partial charge is 0.306 e. The molecule has 8 rings (SSSR count). The Balaban J connectivity index is 0.626. The summed E-state index contributed by atoms with van der Waals surface area (Å²) in [7, 11) is 0. The molecule has 8 heteroatoms. The van der Waals surface area contributed by atoms with E-state index in [1.807, 2.05) is 0 Å². The molecule has 0 saturated heterocycles. The largest absolute Gasteiger partial charge is 0.462 e. The Kier molecular flexibility index (Phi) is 21.4. The summed E-state index contributed by atoms with van der Waals surface area (Å²) < 4.78 is 12.1. The first-order valence-electron chi connectivity index (χ1n) is 33.6. The molecule has 0 unspecified atom stereocenters. The zero-order valence-corrected chi connectivity index (χ0v) is 51.7. The highest BCUT2D eigenvalue weighted by Gasteiger charge is 2.61. The van der Waals surface area contributed by atoms with Gasteiger partial charge in [-0.3, -0.25) is 19.2 Å². The molecule has 0 aromatic heterocycles. The number of carbonyl (C=O) groups is 4. The van der Waals surface area contributed by atoms with Gasteiger partial charge in [-0.15, -0.1) is 0 Å². The lowest BCUT2D eigenvalue weighted by Gasteiger charge is -2.58. The molecule has 442 valence electrons. The van der Waals surface area contributed by atoms with E-state index in [9.17, 15) is 19.2 Å². The van der Waals surface area contributed by atoms with Crippen LogP contribution in [-0.4, -0.2) is 49.1 Å². The van der Waals surface area contributed by atoms with E-state index in [-0.39, 0.29) is 72.5 Å². The zero-order valence-electron chi connectivity index (χ0n) is 51.7. The zero-order chi connectivity index (χ0) is 55.8. The van der Waals surface area contributed by atoms with Gasteiger partial charge in [-0.25, -0.2) is 0 Å². The fourth-order valence-corrected chi connectivity index (χ4v) is 20.0. The molecule has 78 heavy (non-hydrogen) atoms. The van der Waals surface area contributed by atoms with Gasteiger partial charge in [-0.2, -0.15) is 0 Å². The lowest BCUT2D eigenvalue weighted by molar-refractivity contribution is -0.153. The molecule has 2 N–H and O–H groups in total. The standard InChI is InChI=1S/C70H116N2O6/c1-47(2)19-17-21-49(5)57-27-29-59-55-25-23-51-45-53(35-39-67(51,7)61(55)37-41-69(57,59)9)77-65(75)33-31-63(73)71-43-15-13-11-12-14-16-44-72-64(74)32-34-66(76)78-54-36-40-68(8)52(46-54)24-26-56-60-30-28-58(50(6)22-18-20-48(3)4)70(60,10)42-38-62(56)68/h23-24,47-50,53-62H,11-22,25-46H2,1-10H3,(H,71,73)(H,72,74)/t49-,50-,53+,54+,55+,56+,57-,58-,59+,60+,61+,62+,67+,68+,69-,70-/m1/s1. The molecule has 6 fully saturated rings. The molecule has 8 aliphatic rings. The van der Waals surface area contributed by atoms with Crippen LogP contribution in [0.4, 0.5) is 0 Å². The van der Waals surface area contributed by atoms with Gasteiger partial charge in [0.25, 0.3) is 0 Å². The van der Waals surface area contributed by atoms with Crippen molar-refractivity contribution < 1.29 is 28.7 Å². The topological polar surface area (TPSA) is 111 Å². The Morgan fingerprint density at radius 3 is 1.27 bits per heavy atom. The van der Waals surface area contributed by atoms with E-state index in [0.29, 0.717) is 23.9 Å². The summed E-state index contributed by atoms with van der Waals surface area (Å²) in [5.41, 5.74) is 4.52. The first kappa shape index (κ1) is 61.4. The molecule has 0 spiro atoms. The Morgan fingerprint density at radius 1 is 0.474 bits per heavy atom. The van der Waals surface area contributed by atoms with E-state index in [4.69, 9.17) is 9.47 Å². The highest BCUT2D eigenvalue weighted by Crippen LogP contribution is 2.69. The van der Waals surface area contributed by atoms with Crippen LogP contribution in [0.15, 0.2) is 23.3 Å². The number of carbonyl (C=O) groups excluding carboxylic acids is 4. The van der Waals surface area contributed by atoms with Crippen LogP contribution in [0.3, 0.4) is 0 Å². The number of amides is 2. The highest BCUT2D eigenvalue weighted by molar-refractivity contribution is 5.82. The summed E-state index contributed by atoms with van der Waals surface area (Å²) in [6.07, 6.45) is 39.3. The molecule has 0 aliphatic heterocycles. The van der Waals surface area contributed by atoms with Crippen molar-refractivity contribution in [2.45, 2.75) is 287 Å². The third-order valence-corrected chi connectivity index (χ3v) is 24.5. The maximum absolute atomic E-state index is 13.0. The Hall–Kier alpha value is -2.64. The van der Waals surface area contributed by atoms with E-state index in [2.05, 4.69) is 92.0 Å². The minimum Gasteiger partial charge on any atom is -0.462 e. The number of fused-ring (bicyclic) bond motifs is 10. The summed E-state index contributed by atoms with van der Waals surface area (Å²) in [5.74, 6) is 9.19. The molecular formula is C70H116N2O6. The van der Waals surface area contributed by atoms with Crippen molar-refractivity contribution in [3.8, 4) is 0 Å². The van der Waals surface area contributed by atoms with Gasteiger partial charge in [0.15, 0.2) is 0 Å². The summed E-state index contributed by atoms with van der Waals surface area (Å²) in [4.78, 5) is 51.3. The summed E-state index contributed by atoms with van der Waals surface area (Å²) >= 11 is 0. The van der Waals surface area contributed by atoms with Gasteiger partial charge in [0.2, 0.25) is 11.8 Å². The molecule has 6 saturated carbocycles. The molecule has 8 nitrogen and oxygen atoms in total. The number of rotatable bonds is 27. The first-order valence-corrected chi connectivity index (χ1v) is 33.6. The van der Waals surface area contributed by atoms with Crippen molar-refractivity contribution >= 4 is 23.8 Å². The predicted molar refractivity (Wildman–Crippen MR) is 318 cm³/mol. The molecule has 16 atom stereocenters. The first-order chi connectivity index (χ1) is 37.2. The number of unbranched alkanes of at least 4 members (excludes halogenated alkanes) is 5. The van der Waals surface area contributed by atoms with Crippen molar-refractivity contribution in [3.05, 3.63) is 23.3 Å². The minimum atomic E-state index is -0.239. The average Bonchev–Trinajstić information content (AvgIpc) is 4.12. The van der Waals surface area contributed by atoms with E-state index in [1.54, 1.807) is 11.1 Å². The van der Waals surface area contributed by atoms with Crippen LogP contribution in [-0.2, 0) is 28.7 Å². The second-order valence-corrected chi connectivity index (χ2v) is 30.1. The highest BCUT2D eigenvalue weighted by atomic mass is 16.5. The molecular weight excluding hydrogens is 965 g/mol. The van der Waals surface area contributed by atoms with Gasteiger partial charge in [-0.05, 0) is 195 Å². The molecule has 0 aromatic rings. The maximum Gasteiger partial charge on any atom is 0.306 e. The monoisotopic (exact) mass is 1080 g/mol. The van der Waals surface area contributed by atoms with Crippen molar-refractivity contribution in [3.63, 3.8) is 0 Å². The van der Waals surface area contributed by atoms with Crippen LogP contribution >= 0.6 is 0 Å². The van der Waals surface area contributed by atoms with Crippen LogP contribution in [0.2, 0.25) is 0 Å². The van der Waals surface area contributed by atoms with Gasteiger partial charge in [0.1, 0.15) is 12.2 Å². The van der Waals surface area contributed by atoms with Crippen LogP contribution in [0.1, 0.15) is 275 Å². The minimum absolute atomic E-state index is 0.0701. The Bertz CT molecular complexity index is 1930. The van der Waals surface area contributed by atoms with Crippen LogP contribution in [0.5, 0.6) is 0 Å². The number of hydrogen-bond acceptors (Lipinski definition) is 6. The van der Waals surface area contributed by atoms with E-state index < -0.39 is 0 Å². The fraction of sp³-hybridized carbons (Fsp3) is 0.886. The summed E-state index contributed by atoms with van der Waals surface area (Å²) in [6.45, 7) is 26.3. The van der Waals surface area contributed by atoms with Crippen molar-refractivity contribution in [2.75, 3.05) is 13.1 Å². The maximum atomic E-state index is 13.0. The summed E-state index contributed by atoms with van der Waals surface area (Å²) in [6, 6.07) is 0. The van der Waals surface area contributed by atoms with Crippen molar-refractivity contribution in [1.29, 1.82) is 0 Å². The van der Waals surface area contributed by atoms with Gasteiger partial charge in [0.05, 0.1) is 12.8 Å². The molecule has 0 heterocycles. The van der Waals surface area contributed by atoms with Crippen LogP contribution in [0, 0.1) is 92.7 Å². The second kappa shape index (κ2) is 27.2. The van der Waals surface area contributed by atoms with Crippen molar-refractivity contribution in [2.24, 2.45) is 92.7 Å². The second-order valence-electron chi connectivity index (χ2n) is 30.1. The van der Waals surface area contributed by atoms with Crippen LogP contribution in [0.25, 0.3) is 0 Å². The number of allylic oxidation sites excluding steroid dienone is 2. The number of esters is 2. The van der Waals surface area contributed by atoms with E-state index >= 15 is 0 Å². The SMILES string of the molecule is CC(C)CCC[C@@H](C)[C@H]1CC[C@H]2[C@@H]3CC=C4C[C@@H](OC(=O)CCC(=O)NCCCCCCCCNC(=O)CCC(=O)O[C@H]5CC[C@@]6(C)C(=CC[C@H]7[C@@H]8CC[C@H]([C@H](C)CCCC(C)C)[C@@]8(C)CC[C@@H]76)C5)CC[C@]4(C)[C@H]3CC[C@]12C. The number of ether oxygens (including phenoxy) is 2. The van der Waals surface area contributed by atoms with Gasteiger partial charge in [-0.1, -0.05) is 157 Å². The molecule has 0 aromatic carbocycles. The fourth-order valence-electron chi connectivity index (χ4n) is 20.0. The number of nitrogens with one attached hydrogen (secondary N) is 2. The normalized spacial score (nSPS) is 36.6. The molecule has 8 aliphatic carbocycles. The molecule has 0 bridgehead atoms. The average molecular weight is 1080 g/mol. The van der Waals surface area contributed by atoms with Crippen molar-refractivity contribution in [1.82, 2.24) is 10.6 Å². The van der Waals surface area contributed by atoms with Gasteiger partial charge < -0.3 is 20.1 Å². The number of hydrogen-bond donors (Lipinski definition) is 2. The third kappa shape index (κ3) is 14.2. The van der Waals surface area contributed by atoms with E-state index in [1.165, 1.54) is 103 Å². The van der Waals surface area contributed by atoms with Crippen LogP contribution < -0.4 is 10.6 Å². The van der Waals surface area contributed by atoms with Gasteiger partial charge >= 0.3 is 11.9 Å². The quantitative estimate of drug-likeness (QED) is 0.0482. The summed E-state index contributed by atoms with van der Waals surface area (Å²) in [5, 5.41) is 6.03. The predicted octanol–water partition coefficient (Wildman–Crippen LogP) is 17.0. The third-order valence-electron chi connectivity index (χ3n) is 24.5. The van der Waals surface area contributed by atoms with E-state index in [0.717, 1.165) is 148 Å². The molecule has 2 amide bonds. The lowest BCUT2D eigenvalue weighted by atomic mass is 9.47. The Morgan fingerprint density at radius 2 is 0.872 bits per heavy atom. The Labute approximate surface area is 476 Å².